The van der Waals surface area contributed by atoms with Crippen molar-refractivity contribution in [1.29, 1.82) is 5.26 Å². The highest BCUT2D eigenvalue weighted by Gasteiger charge is 2.41. The van der Waals surface area contributed by atoms with E-state index >= 15 is 0 Å². The summed E-state index contributed by atoms with van der Waals surface area (Å²) < 4.78 is 42.2. The van der Waals surface area contributed by atoms with Gasteiger partial charge in [-0.05, 0) is 25.1 Å². The number of anilines is 2. The summed E-state index contributed by atoms with van der Waals surface area (Å²) >= 11 is 6.20. The summed E-state index contributed by atoms with van der Waals surface area (Å²) in [5.74, 6) is -1.53. The molecule has 0 atom stereocenters. The molecule has 0 aliphatic carbocycles. The number of nitrogens with two attached hydrogens (primary N) is 1. The van der Waals surface area contributed by atoms with E-state index < -0.39 is 23.3 Å². The van der Waals surface area contributed by atoms with Crippen LogP contribution in [-0.2, 0) is 6.18 Å². The maximum Gasteiger partial charge on any atom is 0.434 e. The Bertz CT molecular complexity index is 1440. The predicted molar refractivity (Wildman–Crippen MR) is 112 cm³/mol. The average molecular weight is 489 g/mol. The van der Waals surface area contributed by atoms with Gasteiger partial charge in [-0.1, -0.05) is 11.6 Å². The van der Waals surface area contributed by atoms with Crippen molar-refractivity contribution < 1.29 is 18.0 Å². The van der Waals surface area contributed by atoms with Gasteiger partial charge < -0.3 is 11.1 Å². The van der Waals surface area contributed by atoms with Crippen LogP contribution < -0.4 is 11.1 Å². The number of aromatic nitrogens is 7. The van der Waals surface area contributed by atoms with Crippen molar-refractivity contribution >= 4 is 29.0 Å². The number of carbonyl (C=O) groups is 1. The lowest BCUT2D eigenvalue weighted by Gasteiger charge is -2.14. The van der Waals surface area contributed by atoms with Crippen molar-refractivity contribution in [2.45, 2.75) is 13.1 Å². The number of halogens is 4. The number of nitrogens with one attached hydrogen (secondary N) is 1. The number of aryl methyl sites for hydroxylation is 1. The lowest BCUT2D eigenvalue weighted by atomic mass is 10.2. The second-order valence-electron chi connectivity index (χ2n) is 6.73. The number of nitrogen functional groups attached to an aromatic ring is 1. The fraction of sp³-hybridized carbons (Fsp3) is 0.105. The summed E-state index contributed by atoms with van der Waals surface area (Å²) in [5.41, 5.74) is 3.77. The van der Waals surface area contributed by atoms with Crippen LogP contribution in [0.4, 0.5) is 24.7 Å². The third kappa shape index (κ3) is 4.11. The van der Waals surface area contributed by atoms with Gasteiger partial charge in [0.05, 0.1) is 46.1 Å². The van der Waals surface area contributed by atoms with Crippen LogP contribution in [0.3, 0.4) is 0 Å². The van der Waals surface area contributed by atoms with E-state index in [1.54, 1.807) is 6.07 Å². The zero-order chi connectivity index (χ0) is 24.6. The lowest BCUT2D eigenvalue weighted by molar-refractivity contribution is -0.143. The number of hydrogen-bond donors (Lipinski definition) is 2. The maximum atomic E-state index is 13.9. The molecule has 0 fully saturated rings. The summed E-state index contributed by atoms with van der Waals surface area (Å²) in [6.07, 6.45) is -1.40. The average Bonchev–Trinajstić information content (AvgIpc) is 3.46. The van der Waals surface area contributed by atoms with Gasteiger partial charge in [-0.25, -0.2) is 14.6 Å². The SMILES string of the molecule is Cc1nc(-n2nccn2)c(Cl)cc1NC(=O)c1cnn(-c2ccc(C#N)c(N)n2)c1C(F)(F)F. The Labute approximate surface area is 193 Å². The molecule has 0 bridgehead atoms. The number of hydrogen-bond acceptors (Lipinski definition) is 8. The van der Waals surface area contributed by atoms with E-state index in [0.717, 1.165) is 17.1 Å². The number of amides is 1. The third-order valence-corrected chi connectivity index (χ3v) is 4.81. The van der Waals surface area contributed by atoms with Crippen molar-refractivity contribution in [2.24, 2.45) is 0 Å². The zero-order valence-electron chi connectivity index (χ0n) is 17.0. The summed E-state index contributed by atoms with van der Waals surface area (Å²) in [7, 11) is 0. The molecule has 4 rings (SSSR count). The monoisotopic (exact) mass is 488 g/mol. The van der Waals surface area contributed by atoms with E-state index in [0.29, 0.717) is 4.68 Å². The van der Waals surface area contributed by atoms with Crippen LogP contribution in [0.25, 0.3) is 11.6 Å². The van der Waals surface area contributed by atoms with Crippen molar-refractivity contribution in [3.8, 4) is 17.7 Å². The first-order valence-electron chi connectivity index (χ1n) is 9.27. The Balaban J connectivity index is 1.72. The molecule has 4 aromatic heterocycles. The fourth-order valence-corrected chi connectivity index (χ4v) is 3.21. The van der Waals surface area contributed by atoms with Crippen molar-refractivity contribution in [2.75, 3.05) is 11.1 Å². The molecule has 0 aliphatic heterocycles. The molecule has 11 nitrogen and oxygen atoms in total. The largest absolute Gasteiger partial charge is 0.434 e. The Kier molecular flexibility index (Phi) is 5.63. The number of nitriles is 1. The molecular formula is C19H12ClF3N10O. The molecule has 0 aromatic carbocycles. The molecule has 34 heavy (non-hydrogen) atoms. The standard InChI is InChI=1S/C19H12ClF3N10O/c1-9-13(6-12(20)17(29-9)33-26-4-5-27-33)30-18(34)11-8-28-32(15(11)19(21,22)23)14-3-2-10(7-24)16(25)31-14/h2-6,8H,1H3,(H2,25,31)(H,30,34). The summed E-state index contributed by atoms with van der Waals surface area (Å²) in [5, 5.41) is 22.9. The number of carbonyl (C=O) groups excluding carboxylic acids is 1. The highest BCUT2D eigenvalue weighted by Crippen LogP contribution is 2.34. The van der Waals surface area contributed by atoms with Gasteiger partial charge >= 0.3 is 6.18 Å². The second-order valence-corrected chi connectivity index (χ2v) is 7.14. The van der Waals surface area contributed by atoms with Crippen molar-refractivity contribution in [1.82, 2.24) is 34.7 Å². The first-order chi connectivity index (χ1) is 16.1. The summed E-state index contributed by atoms with van der Waals surface area (Å²) in [4.78, 5) is 22.0. The quantitative estimate of drug-likeness (QED) is 0.444. The summed E-state index contributed by atoms with van der Waals surface area (Å²) in [6.45, 7) is 1.52. The molecule has 0 saturated heterocycles. The predicted octanol–water partition coefficient (Wildman–Crippen LogP) is 2.93. The van der Waals surface area contributed by atoms with Gasteiger partial charge in [0.25, 0.3) is 5.91 Å². The Morgan fingerprint density at radius 3 is 2.53 bits per heavy atom. The Morgan fingerprint density at radius 1 is 1.21 bits per heavy atom. The van der Waals surface area contributed by atoms with Gasteiger partial charge in [-0.3, -0.25) is 4.79 Å². The van der Waals surface area contributed by atoms with Gasteiger partial charge in [0.1, 0.15) is 11.9 Å². The molecule has 1 amide bonds. The second kappa shape index (κ2) is 8.45. The number of nitrogens with zero attached hydrogens (tertiary/aromatic N) is 8. The molecule has 4 heterocycles. The van der Waals surface area contributed by atoms with Crippen LogP contribution in [0, 0.1) is 18.3 Å². The minimum atomic E-state index is -4.98. The van der Waals surface area contributed by atoms with Gasteiger partial charge in [-0.2, -0.15) is 33.7 Å². The molecule has 15 heteroatoms. The highest BCUT2D eigenvalue weighted by atomic mass is 35.5. The third-order valence-electron chi connectivity index (χ3n) is 4.53. The first kappa shape index (κ1) is 22.7. The van der Waals surface area contributed by atoms with Crippen LogP contribution in [0.15, 0.2) is 36.8 Å². The molecule has 0 radical (unpaired) electrons. The minimum Gasteiger partial charge on any atom is -0.383 e. The van der Waals surface area contributed by atoms with E-state index in [-0.39, 0.29) is 39.4 Å². The number of pyridine rings is 2. The molecule has 172 valence electrons. The number of alkyl halides is 3. The lowest BCUT2D eigenvalue weighted by Crippen LogP contribution is -2.21. The first-order valence-corrected chi connectivity index (χ1v) is 9.65. The van der Waals surface area contributed by atoms with Gasteiger partial charge in [0.15, 0.2) is 17.3 Å². The zero-order valence-corrected chi connectivity index (χ0v) is 17.8. The molecule has 0 aliphatic rings. The van der Waals surface area contributed by atoms with Crippen LogP contribution in [-0.4, -0.2) is 40.6 Å². The van der Waals surface area contributed by atoms with Crippen molar-refractivity contribution in [3.05, 3.63) is 64.3 Å². The van der Waals surface area contributed by atoms with E-state index in [1.165, 1.54) is 31.5 Å². The van der Waals surface area contributed by atoms with Gasteiger partial charge in [-0.15, -0.1) is 4.80 Å². The topological polar surface area (TPSA) is 153 Å². The van der Waals surface area contributed by atoms with Crippen LogP contribution >= 0.6 is 11.6 Å². The van der Waals surface area contributed by atoms with E-state index in [2.05, 4.69) is 30.6 Å². The minimum absolute atomic E-state index is 0.0176. The van der Waals surface area contributed by atoms with Gasteiger partial charge in [0.2, 0.25) is 0 Å². The normalized spacial score (nSPS) is 11.3. The van der Waals surface area contributed by atoms with Crippen LogP contribution in [0.1, 0.15) is 27.3 Å². The Hall–Kier alpha value is -4.51. The fourth-order valence-electron chi connectivity index (χ4n) is 2.99. The molecule has 0 saturated carbocycles. The molecule has 0 spiro atoms. The molecule has 4 aromatic rings. The van der Waals surface area contributed by atoms with Crippen LogP contribution in [0.5, 0.6) is 0 Å². The van der Waals surface area contributed by atoms with Gasteiger partial charge in [0, 0.05) is 0 Å². The van der Waals surface area contributed by atoms with E-state index in [4.69, 9.17) is 22.6 Å². The van der Waals surface area contributed by atoms with E-state index in [9.17, 15) is 18.0 Å². The summed E-state index contributed by atoms with van der Waals surface area (Å²) in [6, 6.07) is 5.42. The molecule has 3 N–H and O–H groups in total. The highest BCUT2D eigenvalue weighted by molar-refractivity contribution is 6.32. The van der Waals surface area contributed by atoms with Crippen LogP contribution in [0.2, 0.25) is 5.02 Å². The number of rotatable bonds is 4. The molecular weight excluding hydrogens is 477 g/mol. The smallest absolute Gasteiger partial charge is 0.383 e. The van der Waals surface area contributed by atoms with Crippen molar-refractivity contribution in [3.63, 3.8) is 0 Å². The Morgan fingerprint density at radius 2 is 1.91 bits per heavy atom. The molecule has 0 unspecified atom stereocenters. The maximum absolute atomic E-state index is 13.9. The van der Waals surface area contributed by atoms with E-state index in [1.807, 2.05) is 0 Å².